The summed E-state index contributed by atoms with van der Waals surface area (Å²) >= 11 is 3.26. The molecule has 0 N–H and O–H groups in total. The van der Waals surface area contributed by atoms with E-state index in [0.717, 1.165) is 36.6 Å². The van der Waals surface area contributed by atoms with Gasteiger partial charge in [-0.15, -0.1) is 22.7 Å². The monoisotopic (exact) mass is 292 g/mol. The van der Waals surface area contributed by atoms with Crippen LogP contribution in [-0.4, -0.2) is 48.9 Å². The summed E-state index contributed by atoms with van der Waals surface area (Å²) < 4.78 is 0. The molecular weight excluding hydrogens is 276 g/mol. The maximum absolute atomic E-state index is 12.4. The van der Waals surface area contributed by atoms with Crippen molar-refractivity contribution < 1.29 is 4.79 Å². The number of rotatable bonds is 2. The zero-order valence-electron chi connectivity index (χ0n) is 10.8. The first-order valence-corrected chi connectivity index (χ1v) is 8.10. The fraction of sp³-hybridized carbons (Fsp3) is 0.357. The summed E-state index contributed by atoms with van der Waals surface area (Å²) in [5.74, 6) is 0.181. The normalized spacial score (nSPS) is 16.8. The minimum atomic E-state index is 0.181. The molecule has 0 bridgehead atoms. The van der Waals surface area contributed by atoms with Gasteiger partial charge >= 0.3 is 0 Å². The lowest BCUT2D eigenvalue weighted by molar-refractivity contribution is 0.0669. The number of likely N-dealkylation sites (N-methyl/N-ethyl adjacent to an activating group) is 1. The highest BCUT2D eigenvalue weighted by molar-refractivity contribution is 7.15. The van der Waals surface area contributed by atoms with E-state index in [4.69, 9.17) is 0 Å². The van der Waals surface area contributed by atoms with Crippen LogP contribution in [0.1, 0.15) is 9.67 Å². The van der Waals surface area contributed by atoms with Crippen molar-refractivity contribution in [3.05, 3.63) is 33.8 Å². The standard InChI is InChI=1S/C14H16N2OS2/c1-15-4-6-16(7-5-15)14(17)13-9-11(10-19-13)12-3-2-8-18-12/h2-3,8-10H,4-7H2,1H3. The number of hydrogen-bond acceptors (Lipinski definition) is 4. The van der Waals surface area contributed by atoms with E-state index in [9.17, 15) is 4.79 Å². The number of carbonyl (C=O) groups is 1. The van der Waals surface area contributed by atoms with Crippen LogP contribution in [0.2, 0.25) is 0 Å². The molecule has 3 rings (SSSR count). The third-order valence-corrected chi connectivity index (χ3v) is 5.24. The van der Waals surface area contributed by atoms with Crippen LogP contribution in [0.5, 0.6) is 0 Å². The molecule has 0 aliphatic carbocycles. The summed E-state index contributed by atoms with van der Waals surface area (Å²) in [4.78, 5) is 18.7. The highest BCUT2D eigenvalue weighted by atomic mass is 32.1. The molecule has 1 amide bonds. The number of carbonyl (C=O) groups excluding carboxylic acids is 1. The number of hydrogen-bond donors (Lipinski definition) is 0. The van der Waals surface area contributed by atoms with Crippen molar-refractivity contribution in [1.29, 1.82) is 0 Å². The van der Waals surface area contributed by atoms with Crippen molar-refractivity contribution in [2.75, 3.05) is 33.2 Å². The van der Waals surface area contributed by atoms with E-state index in [1.54, 1.807) is 22.7 Å². The first-order chi connectivity index (χ1) is 9.24. The van der Waals surface area contributed by atoms with Crippen LogP contribution in [0.25, 0.3) is 10.4 Å². The van der Waals surface area contributed by atoms with Crippen molar-refractivity contribution in [2.45, 2.75) is 0 Å². The van der Waals surface area contributed by atoms with Crippen molar-refractivity contribution >= 4 is 28.6 Å². The zero-order chi connectivity index (χ0) is 13.2. The van der Waals surface area contributed by atoms with Gasteiger partial charge in [0.1, 0.15) is 0 Å². The summed E-state index contributed by atoms with van der Waals surface area (Å²) in [5.41, 5.74) is 1.16. The predicted molar refractivity (Wildman–Crippen MR) is 81.0 cm³/mol. The third kappa shape index (κ3) is 2.73. The van der Waals surface area contributed by atoms with E-state index in [1.165, 1.54) is 4.88 Å². The Morgan fingerprint density at radius 3 is 2.68 bits per heavy atom. The van der Waals surface area contributed by atoms with E-state index in [2.05, 4.69) is 28.8 Å². The van der Waals surface area contributed by atoms with E-state index in [-0.39, 0.29) is 5.91 Å². The molecule has 100 valence electrons. The molecule has 1 aliphatic heterocycles. The molecule has 1 fully saturated rings. The molecule has 19 heavy (non-hydrogen) atoms. The lowest BCUT2D eigenvalue weighted by Crippen LogP contribution is -2.46. The zero-order valence-corrected chi connectivity index (χ0v) is 12.5. The predicted octanol–water partition coefficient (Wildman–Crippen LogP) is 2.86. The van der Waals surface area contributed by atoms with Gasteiger partial charge in [0.05, 0.1) is 4.88 Å². The third-order valence-electron chi connectivity index (χ3n) is 3.41. The molecule has 0 atom stereocenters. The van der Waals surface area contributed by atoms with Gasteiger partial charge in [0.2, 0.25) is 0 Å². The second-order valence-corrected chi connectivity index (χ2v) is 6.63. The fourth-order valence-electron chi connectivity index (χ4n) is 2.19. The van der Waals surface area contributed by atoms with Crippen molar-refractivity contribution in [2.24, 2.45) is 0 Å². The second-order valence-electron chi connectivity index (χ2n) is 4.77. The molecule has 0 saturated carbocycles. The number of amides is 1. The Kier molecular flexibility index (Phi) is 3.68. The Balaban J connectivity index is 1.74. The molecule has 5 heteroatoms. The summed E-state index contributed by atoms with van der Waals surface area (Å²) in [6, 6.07) is 6.16. The van der Waals surface area contributed by atoms with Gasteiger partial charge in [-0.3, -0.25) is 4.79 Å². The van der Waals surface area contributed by atoms with Crippen LogP contribution in [0.4, 0.5) is 0 Å². The number of thiophene rings is 2. The lowest BCUT2D eigenvalue weighted by Gasteiger charge is -2.32. The van der Waals surface area contributed by atoms with Gasteiger partial charge in [0.15, 0.2) is 0 Å². The Bertz CT molecular complexity index is 554. The highest BCUT2D eigenvalue weighted by Crippen LogP contribution is 2.29. The van der Waals surface area contributed by atoms with Gasteiger partial charge < -0.3 is 9.80 Å². The van der Waals surface area contributed by atoms with E-state index in [1.807, 2.05) is 17.0 Å². The molecule has 0 spiro atoms. The van der Waals surface area contributed by atoms with Gasteiger partial charge in [-0.05, 0) is 24.6 Å². The maximum Gasteiger partial charge on any atom is 0.264 e. The average Bonchev–Trinajstić information content (AvgIpc) is 3.10. The summed E-state index contributed by atoms with van der Waals surface area (Å²) in [7, 11) is 2.10. The summed E-state index contributed by atoms with van der Waals surface area (Å²) in [6.07, 6.45) is 0. The van der Waals surface area contributed by atoms with Gasteiger partial charge in [-0.25, -0.2) is 0 Å². The van der Waals surface area contributed by atoms with Crippen LogP contribution in [0.15, 0.2) is 29.0 Å². The molecular formula is C14H16N2OS2. The van der Waals surface area contributed by atoms with Crippen molar-refractivity contribution in [3.63, 3.8) is 0 Å². The van der Waals surface area contributed by atoms with E-state index < -0.39 is 0 Å². The van der Waals surface area contributed by atoms with Crippen LogP contribution < -0.4 is 0 Å². The minimum absolute atomic E-state index is 0.181. The lowest BCUT2D eigenvalue weighted by atomic mass is 10.2. The summed E-state index contributed by atoms with van der Waals surface area (Å²) in [5, 5.41) is 4.14. The highest BCUT2D eigenvalue weighted by Gasteiger charge is 2.21. The van der Waals surface area contributed by atoms with Gasteiger partial charge in [0, 0.05) is 42.0 Å². The second kappa shape index (κ2) is 5.45. The van der Waals surface area contributed by atoms with Crippen molar-refractivity contribution in [3.8, 4) is 10.4 Å². The van der Waals surface area contributed by atoms with Crippen molar-refractivity contribution in [1.82, 2.24) is 9.80 Å². The molecule has 0 radical (unpaired) electrons. The fourth-order valence-corrected chi connectivity index (χ4v) is 3.85. The molecule has 0 aromatic carbocycles. The SMILES string of the molecule is CN1CCN(C(=O)c2cc(-c3cccs3)cs2)CC1. The Morgan fingerprint density at radius 1 is 1.21 bits per heavy atom. The Morgan fingerprint density at radius 2 is 2.00 bits per heavy atom. The average molecular weight is 292 g/mol. The molecule has 3 nitrogen and oxygen atoms in total. The Labute approximate surface area is 121 Å². The molecule has 2 aromatic heterocycles. The first-order valence-electron chi connectivity index (χ1n) is 6.34. The van der Waals surface area contributed by atoms with Crippen LogP contribution in [0.3, 0.4) is 0 Å². The molecule has 1 aliphatic rings. The van der Waals surface area contributed by atoms with Gasteiger partial charge in [0.25, 0.3) is 5.91 Å². The minimum Gasteiger partial charge on any atom is -0.335 e. The summed E-state index contributed by atoms with van der Waals surface area (Å²) in [6.45, 7) is 3.60. The largest absolute Gasteiger partial charge is 0.335 e. The number of piperazine rings is 1. The first kappa shape index (κ1) is 12.8. The molecule has 1 saturated heterocycles. The van der Waals surface area contributed by atoms with E-state index in [0.29, 0.717) is 0 Å². The van der Waals surface area contributed by atoms with E-state index >= 15 is 0 Å². The van der Waals surface area contributed by atoms with Gasteiger partial charge in [-0.2, -0.15) is 0 Å². The Hall–Kier alpha value is -1.17. The van der Waals surface area contributed by atoms with Crippen LogP contribution >= 0.6 is 22.7 Å². The molecule has 0 unspecified atom stereocenters. The molecule has 3 heterocycles. The quantitative estimate of drug-likeness (QED) is 0.850. The van der Waals surface area contributed by atoms with Crippen LogP contribution in [-0.2, 0) is 0 Å². The smallest absolute Gasteiger partial charge is 0.264 e. The topological polar surface area (TPSA) is 23.6 Å². The maximum atomic E-state index is 12.4. The molecule has 2 aromatic rings. The van der Waals surface area contributed by atoms with Gasteiger partial charge in [-0.1, -0.05) is 6.07 Å². The number of nitrogens with zero attached hydrogens (tertiary/aromatic N) is 2. The van der Waals surface area contributed by atoms with Crippen LogP contribution in [0, 0.1) is 0 Å².